The molecule has 0 unspecified atom stereocenters. The number of nitrogens with one attached hydrogen (secondary N) is 1. The van der Waals surface area contributed by atoms with Crippen LogP contribution in [0.4, 0.5) is 5.69 Å². The summed E-state index contributed by atoms with van der Waals surface area (Å²) in [5.41, 5.74) is 1.77. The molecule has 0 saturated heterocycles. The lowest BCUT2D eigenvalue weighted by Crippen LogP contribution is -2.22. The van der Waals surface area contributed by atoms with Gasteiger partial charge >= 0.3 is 0 Å². The zero-order valence-corrected chi connectivity index (χ0v) is 13.0. The fourth-order valence-corrected chi connectivity index (χ4v) is 2.78. The van der Waals surface area contributed by atoms with Crippen molar-refractivity contribution in [2.45, 2.75) is 24.0 Å². The minimum Gasteiger partial charge on any atom is -0.325 e. The smallest absolute Gasteiger partial charge is 0.237 e. The van der Waals surface area contributed by atoms with Gasteiger partial charge in [-0.2, -0.15) is 0 Å². The van der Waals surface area contributed by atoms with Crippen LogP contribution in [0.15, 0.2) is 53.4 Å². The molecule has 0 aromatic heterocycles. The van der Waals surface area contributed by atoms with Crippen LogP contribution < -0.4 is 5.32 Å². The number of thioether (sulfide) groups is 1. The van der Waals surface area contributed by atoms with Crippen LogP contribution in [0, 0.1) is 6.92 Å². The van der Waals surface area contributed by atoms with E-state index in [1.165, 1.54) is 11.8 Å². The summed E-state index contributed by atoms with van der Waals surface area (Å²) in [5.74, 6) is -0.0239. The Labute approximate surface area is 128 Å². The van der Waals surface area contributed by atoms with Crippen molar-refractivity contribution < 1.29 is 4.79 Å². The average Bonchev–Trinajstić information content (AvgIpc) is 2.44. The minimum atomic E-state index is -0.171. The van der Waals surface area contributed by atoms with Gasteiger partial charge in [-0.3, -0.25) is 4.79 Å². The molecule has 2 aromatic carbocycles. The third kappa shape index (κ3) is 4.02. The second-order valence-corrected chi connectivity index (χ2v) is 6.37. The first-order valence-electron chi connectivity index (χ1n) is 6.35. The Hall–Kier alpha value is -1.45. The summed E-state index contributed by atoms with van der Waals surface area (Å²) in [6.07, 6.45) is 0. The Morgan fingerprint density at radius 2 is 1.90 bits per heavy atom. The number of carbonyl (C=O) groups excluding carboxylic acids is 1. The summed E-state index contributed by atoms with van der Waals surface area (Å²) < 4.78 is 0. The molecule has 20 heavy (non-hydrogen) atoms. The standard InChI is InChI=1S/C16H16ClNOS/c1-11-8-9-13(17)10-15(11)18-16(19)12(2)20-14-6-4-3-5-7-14/h3-10,12H,1-2H3,(H,18,19)/t12-/m1/s1. The van der Waals surface area contributed by atoms with Gasteiger partial charge in [-0.15, -0.1) is 11.8 Å². The fourth-order valence-electron chi connectivity index (χ4n) is 1.72. The highest BCUT2D eigenvalue weighted by Gasteiger charge is 2.15. The monoisotopic (exact) mass is 305 g/mol. The van der Waals surface area contributed by atoms with Gasteiger partial charge in [0.25, 0.3) is 0 Å². The highest BCUT2D eigenvalue weighted by molar-refractivity contribution is 8.00. The number of benzene rings is 2. The molecule has 0 heterocycles. The summed E-state index contributed by atoms with van der Waals surface area (Å²) >= 11 is 7.49. The number of rotatable bonds is 4. The first-order valence-corrected chi connectivity index (χ1v) is 7.61. The van der Waals surface area contributed by atoms with Crippen LogP contribution in [0.25, 0.3) is 0 Å². The van der Waals surface area contributed by atoms with Crippen LogP contribution in [-0.4, -0.2) is 11.2 Å². The van der Waals surface area contributed by atoms with Gasteiger partial charge in [0.15, 0.2) is 0 Å². The van der Waals surface area contributed by atoms with Crippen molar-refractivity contribution in [2.24, 2.45) is 0 Å². The van der Waals surface area contributed by atoms with Crippen molar-refractivity contribution in [3.63, 3.8) is 0 Å². The maximum atomic E-state index is 12.2. The summed E-state index contributed by atoms with van der Waals surface area (Å²) in [5, 5.41) is 3.38. The highest BCUT2D eigenvalue weighted by Crippen LogP contribution is 2.25. The van der Waals surface area contributed by atoms with Crippen LogP contribution in [0.2, 0.25) is 5.02 Å². The lowest BCUT2D eigenvalue weighted by Gasteiger charge is -2.13. The third-order valence-electron chi connectivity index (χ3n) is 2.88. The van der Waals surface area contributed by atoms with Gasteiger partial charge in [0, 0.05) is 15.6 Å². The van der Waals surface area contributed by atoms with Crippen LogP contribution in [0.5, 0.6) is 0 Å². The molecule has 2 aromatic rings. The summed E-state index contributed by atoms with van der Waals surface area (Å²) in [6, 6.07) is 15.4. The first kappa shape index (κ1) is 14.9. The molecule has 4 heteroatoms. The van der Waals surface area contributed by atoms with Crippen molar-refractivity contribution in [3.05, 3.63) is 59.1 Å². The van der Waals surface area contributed by atoms with Crippen molar-refractivity contribution in [1.29, 1.82) is 0 Å². The molecular formula is C16H16ClNOS. The van der Waals surface area contributed by atoms with Gasteiger partial charge in [0.05, 0.1) is 5.25 Å². The highest BCUT2D eigenvalue weighted by atomic mass is 35.5. The lowest BCUT2D eigenvalue weighted by molar-refractivity contribution is -0.115. The number of carbonyl (C=O) groups is 1. The zero-order chi connectivity index (χ0) is 14.5. The normalized spacial score (nSPS) is 11.9. The predicted octanol–water partition coefficient (Wildman–Crippen LogP) is 4.77. The van der Waals surface area contributed by atoms with Crippen molar-refractivity contribution in [3.8, 4) is 0 Å². The Bertz CT molecular complexity index is 601. The minimum absolute atomic E-state index is 0.0239. The van der Waals surface area contributed by atoms with Gasteiger partial charge in [-0.05, 0) is 43.7 Å². The van der Waals surface area contributed by atoms with E-state index in [-0.39, 0.29) is 11.2 Å². The SMILES string of the molecule is Cc1ccc(Cl)cc1NC(=O)[C@@H](C)Sc1ccccc1. The van der Waals surface area contributed by atoms with E-state index in [2.05, 4.69) is 5.32 Å². The number of hydrogen-bond acceptors (Lipinski definition) is 2. The van der Waals surface area contributed by atoms with Gasteiger partial charge in [0.1, 0.15) is 0 Å². The number of amides is 1. The summed E-state index contributed by atoms with van der Waals surface area (Å²) in [6.45, 7) is 3.84. The Balaban J connectivity index is 2.02. The first-order chi connectivity index (χ1) is 9.56. The van der Waals surface area contributed by atoms with Crippen LogP contribution >= 0.6 is 23.4 Å². The van der Waals surface area contributed by atoms with E-state index in [4.69, 9.17) is 11.6 Å². The topological polar surface area (TPSA) is 29.1 Å². The molecule has 0 bridgehead atoms. The van der Waals surface area contributed by atoms with E-state index in [1.54, 1.807) is 6.07 Å². The molecule has 0 radical (unpaired) electrons. The number of aryl methyl sites for hydroxylation is 1. The summed E-state index contributed by atoms with van der Waals surface area (Å²) in [7, 11) is 0. The average molecular weight is 306 g/mol. The van der Waals surface area contributed by atoms with Gasteiger partial charge in [0.2, 0.25) is 5.91 Å². The van der Waals surface area contributed by atoms with Crippen LogP contribution in [0.1, 0.15) is 12.5 Å². The molecule has 104 valence electrons. The van der Waals surface area contributed by atoms with E-state index in [0.717, 1.165) is 16.1 Å². The van der Waals surface area contributed by atoms with Crippen molar-refractivity contribution >= 4 is 35.0 Å². The quantitative estimate of drug-likeness (QED) is 0.825. The lowest BCUT2D eigenvalue weighted by atomic mass is 10.2. The molecule has 0 saturated carbocycles. The zero-order valence-electron chi connectivity index (χ0n) is 11.4. The van der Waals surface area contributed by atoms with Gasteiger partial charge in [-0.1, -0.05) is 35.9 Å². The second kappa shape index (κ2) is 6.82. The molecule has 0 aliphatic heterocycles. The van der Waals surface area contributed by atoms with E-state index in [9.17, 15) is 4.79 Å². The van der Waals surface area contributed by atoms with E-state index in [1.807, 2.05) is 56.3 Å². The third-order valence-corrected chi connectivity index (χ3v) is 4.23. The number of hydrogen-bond donors (Lipinski definition) is 1. The molecule has 1 N–H and O–H groups in total. The molecule has 1 atom stereocenters. The second-order valence-electron chi connectivity index (χ2n) is 4.52. The Kier molecular flexibility index (Phi) is 5.10. The molecule has 1 amide bonds. The maximum Gasteiger partial charge on any atom is 0.237 e. The molecular weight excluding hydrogens is 290 g/mol. The van der Waals surface area contributed by atoms with Crippen LogP contribution in [0.3, 0.4) is 0 Å². The molecule has 2 rings (SSSR count). The molecule has 0 spiro atoms. The summed E-state index contributed by atoms with van der Waals surface area (Å²) in [4.78, 5) is 13.3. The number of halogens is 1. The molecule has 0 fully saturated rings. The van der Waals surface area contributed by atoms with Crippen LogP contribution in [-0.2, 0) is 4.79 Å². The van der Waals surface area contributed by atoms with E-state index >= 15 is 0 Å². The Morgan fingerprint density at radius 1 is 1.20 bits per heavy atom. The van der Waals surface area contributed by atoms with Crippen molar-refractivity contribution in [2.75, 3.05) is 5.32 Å². The van der Waals surface area contributed by atoms with E-state index < -0.39 is 0 Å². The maximum absolute atomic E-state index is 12.2. The number of anilines is 1. The largest absolute Gasteiger partial charge is 0.325 e. The fraction of sp³-hybridized carbons (Fsp3) is 0.188. The molecule has 0 aliphatic rings. The van der Waals surface area contributed by atoms with E-state index in [0.29, 0.717) is 5.02 Å². The Morgan fingerprint density at radius 3 is 2.60 bits per heavy atom. The molecule has 2 nitrogen and oxygen atoms in total. The molecule has 0 aliphatic carbocycles. The van der Waals surface area contributed by atoms with Gasteiger partial charge < -0.3 is 5.32 Å². The van der Waals surface area contributed by atoms with Gasteiger partial charge in [-0.25, -0.2) is 0 Å². The predicted molar refractivity (Wildman–Crippen MR) is 86.6 cm³/mol. The van der Waals surface area contributed by atoms with Crippen molar-refractivity contribution in [1.82, 2.24) is 0 Å².